The van der Waals surface area contributed by atoms with E-state index in [9.17, 15) is 8.60 Å². The zero-order valence-corrected chi connectivity index (χ0v) is 8.27. The van der Waals surface area contributed by atoms with Gasteiger partial charge < -0.3 is 4.72 Å². The van der Waals surface area contributed by atoms with E-state index in [2.05, 4.69) is 9.71 Å². The van der Waals surface area contributed by atoms with Crippen molar-refractivity contribution in [3.63, 3.8) is 0 Å². The topological polar surface area (TPSA) is 42.0 Å². The fourth-order valence-corrected chi connectivity index (χ4v) is 1.28. The summed E-state index contributed by atoms with van der Waals surface area (Å²) < 4.78 is 26.5. The molecule has 0 aromatic carbocycles. The van der Waals surface area contributed by atoms with Crippen molar-refractivity contribution >= 4 is 16.7 Å². The minimum atomic E-state index is -1.19. The van der Waals surface area contributed by atoms with E-state index in [1.165, 1.54) is 12.3 Å². The van der Waals surface area contributed by atoms with Gasteiger partial charge in [0, 0.05) is 11.3 Å². The summed E-state index contributed by atoms with van der Waals surface area (Å²) in [5, 5.41) is -0.0109. The van der Waals surface area contributed by atoms with Crippen molar-refractivity contribution in [2.24, 2.45) is 0 Å². The number of nitrogens with one attached hydrogen (secondary N) is 1. The first-order valence-corrected chi connectivity index (χ1v) is 5.08. The summed E-state index contributed by atoms with van der Waals surface area (Å²) in [6.07, 6.45) is 2.53. The molecule has 5 heteroatoms. The van der Waals surface area contributed by atoms with Crippen LogP contribution in [-0.4, -0.2) is 14.4 Å². The van der Waals surface area contributed by atoms with E-state index in [1.54, 1.807) is 0 Å². The highest BCUT2D eigenvalue weighted by molar-refractivity contribution is 7.86. The minimum Gasteiger partial charge on any atom is -0.303 e. The van der Waals surface area contributed by atoms with Crippen molar-refractivity contribution in [1.82, 2.24) is 4.98 Å². The monoisotopic (exact) mass is 202 g/mol. The lowest BCUT2D eigenvalue weighted by Crippen LogP contribution is -2.14. The van der Waals surface area contributed by atoms with Crippen LogP contribution in [0.25, 0.3) is 0 Å². The predicted octanol–water partition coefficient (Wildman–Crippen LogP) is 1.70. The number of hydrogen-bond donors (Lipinski definition) is 1. The second kappa shape index (κ2) is 4.32. The van der Waals surface area contributed by atoms with Crippen LogP contribution in [0.3, 0.4) is 0 Å². The zero-order chi connectivity index (χ0) is 9.84. The SMILES string of the molecule is CC(C)S(=O)Nc1cncc(F)c1. The summed E-state index contributed by atoms with van der Waals surface area (Å²) in [5.74, 6) is -0.439. The first-order chi connectivity index (χ1) is 6.09. The molecule has 0 fully saturated rings. The van der Waals surface area contributed by atoms with Gasteiger partial charge >= 0.3 is 0 Å². The normalized spacial score (nSPS) is 12.9. The molecule has 0 amide bonds. The van der Waals surface area contributed by atoms with Gasteiger partial charge in [0.15, 0.2) is 0 Å². The standard InChI is InChI=1S/C8H11FN2OS/c1-6(2)13(12)11-8-3-7(9)4-10-5-8/h3-6,11H,1-2H3. The summed E-state index contributed by atoms with van der Waals surface area (Å²) in [4.78, 5) is 3.62. The summed E-state index contributed by atoms with van der Waals surface area (Å²) in [5.41, 5.74) is 0.437. The Bertz CT molecular complexity index is 317. The molecule has 1 aromatic rings. The Morgan fingerprint density at radius 3 is 2.77 bits per heavy atom. The molecule has 1 N–H and O–H groups in total. The van der Waals surface area contributed by atoms with Gasteiger partial charge in [0.05, 0.1) is 18.1 Å². The molecule has 1 aromatic heterocycles. The molecule has 1 heterocycles. The molecule has 0 bridgehead atoms. The van der Waals surface area contributed by atoms with Gasteiger partial charge in [-0.3, -0.25) is 4.98 Å². The molecule has 1 atom stereocenters. The van der Waals surface area contributed by atoms with Crippen molar-refractivity contribution in [2.45, 2.75) is 19.1 Å². The molecule has 0 radical (unpaired) electrons. The maximum atomic E-state index is 12.6. The second-order valence-corrected chi connectivity index (χ2v) is 4.58. The summed E-state index contributed by atoms with van der Waals surface area (Å²) in [6.45, 7) is 3.63. The predicted molar refractivity (Wildman–Crippen MR) is 51.1 cm³/mol. The van der Waals surface area contributed by atoms with Crippen LogP contribution in [0, 0.1) is 5.82 Å². The van der Waals surface area contributed by atoms with Crippen LogP contribution in [0.15, 0.2) is 18.5 Å². The Balaban J connectivity index is 2.69. The summed E-state index contributed by atoms with van der Waals surface area (Å²) in [7, 11) is -1.19. The van der Waals surface area contributed by atoms with Crippen LogP contribution in [0.5, 0.6) is 0 Å². The lowest BCUT2D eigenvalue weighted by molar-refractivity contribution is 0.622. The van der Waals surface area contributed by atoms with Crippen molar-refractivity contribution < 1.29 is 8.60 Å². The van der Waals surface area contributed by atoms with Crippen molar-refractivity contribution in [2.75, 3.05) is 4.72 Å². The van der Waals surface area contributed by atoms with Crippen LogP contribution in [0.1, 0.15) is 13.8 Å². The van der Waals surface area contributed by atoms with Crippen molar-refractivity contribution in [3.8, 4) is 0 Å². The quantitative estimate of drug-likeness (QED) is 0.810. The maximum absolute atomic E-state index is 12.6. The smallest absolute Gasteiger partial charge is 0.143 e. The Hall–Kier alpha value is -0.970. The molecule has 0 aliphatic heterocycles. The molecular formula is C8H11FN2OS. The number of hydrogen-bond acceptors (Lipinski definition) is 2. The van der Waals surface area contributed by atoms with E-state index in [-0.39, 0.29) is 5.25 Å². The van der Waals surface area contributed by atoms with Gasteiger partial charge in [0.1, 0.15) is 16.8 Å². The molecule has 13 heavy (non-hydrogen) atoms. The van der Waals surface area contributed by atoms with Crippen LogP contribution in [0.4, 0.5) is 10.1 Å². The summed E-state index contributed by atoms with van der Waals surface area (Å²) >= 11 is 0. The molecule has 0 saturated heterocycles. The fraction of sp³-hybridized carbons (Fsp3) is 0.375. The van der Waals surface area contributed by atoms with Gasteiger partial charge in [-0.05, 0) is 13.8 Å². The third-order valence-electron chi connectivity index (χ3n) is 1.35. The van der Waals surface area contributed by atoms with E-state index < -0.39 is 16.8 Å². The van der Waals surface area contributed by atoms with Crippen LogP contribution < -0.4 is 4.72 Å². The van der Waals surface area contributed by atoms with Gasteiger partial charge in [-0.25, -0.2) is 8.60 Å². The molecule has 3 nitrogen and oxygen atoms in total. The molecule has 1 rings (SSSR count). The highest BCUT2D eigenvalue weighted by atomic mass is 32.2. The van der Waals surface area contributed by atoms with E-state index >= 15 is 0 Å². The molecule has 72 valence electrons. The molecular weight excluding hydrogens is 191 g/mol. The third kappa shape index (κ3) is 3.10. The Morgan fingerprint density at radius 2 is 2.23 bits per heavy atom. The average molecular weight is 202 g/mol. The molecule has 0 aliphatic rings. The Kier molecular flexibility index (Phi) is 3.36. The Morgan fingerprint density at radius 1 is 1.54 bits per heavy atom. The highest BCUT2D eigenvalue weighted by Crippen LogP contribution is 2.08. The number of nitrogens with zero attached hydrogens (tertiary/aromatic N) is 1. The first-order valence-electron chi connectivity index (χ1n) is 3.87. The van der Waals surface area contributed by atoms with Gasteiger partial charge in [0.2, 0.25) is 0 Å². The lowest BCUT2D eigenvalue weighted by Gasteiger charge is -2.07. The molecule has 0 aliphatic carbocycles. The molecule has 1 unspecified atom stereocenters. The molecule has 0 saturated carbocycles. The first kappa shape index (κ1) is 10.1. The van der Waals surface area contributed by atoms with E-state index in [4.69, 9.17) is 0 Å². The number of aromatic nitrogens is 1. The molecule has 0 spiro atoms. The summed E-state index contributed by atoms with van der Waals surface area (Å²) in [6, 6.07) is 1.26. The minimum absolute atomic E-state index is 0.0109. The second-order valence-electron chi connectivity index (χ2n) is 2.84. The largest absolute Gasteiger partial charge is 0.303 e. The van der Waals surface area contributed by atoms with Crippen LogP contribution in [0.2, 0.25) is 0 Å². The zero-order valence-electron chi connectivity index (χ0n) is 7.45. The van der Waals surface area contributed by atoms with Crippen molar-refractivity contribution in [3.05, 3.63) is 24.3 Å². The van der Waals surface area contributed by atoms with E-state index in [1.807, 2.05) is 13.8 Å². The van der Waals surface area contributed by atoms with Gasteiger partial charge in [-0.1, -0.05) is 0 Å². The lowest BCUT2D eigenvalue weighted by atomic mass is 10.4. The highest BCUT2D eigenvalue weighted by Gasteiger charge is 2.05. The van der Waals surface area contributed by atoms with Crippen LogP contribution in [-0.2, 0) is 11.0 Å². The van der Waals surface area contributed by atoms with Gasteiger partial charge in [0.25, 0.3) is 0 Å². The van der Waals surface area contributed by atoms with Crippen molar-refractivity contribution in [1.29, 1.82) is 0 Å². The number of pyridine rings is 1. The number of rotatable bonds is 3. The number of anilines is 1. The number of halogens is 1. The third-order valence-corrected chi connectivity index (χ3v) is 2.64. The average Bonchev–Trinajstić information content (AvgIpc) is 2.04. The van der Waals surface area contributed by atoms with Gasteiger partial charge in [-0.2, -0.15) is 0 Å². The van der Waals surface area contributed by atoms with E-state index in [0.717, 1.165) is 6.20 Å². The Labute approximate surface area is 79.0 Å². The van der Waals surface area contributed by atoms with Gasteiger partial charge in [-0.15, -0.1) is 0 Å². The fourth-order valence-electron chi connectivity index (χ4n) is 0.702. The van der Waals surface area contributed by atoms with Crippen LogP contribution >= 0.6 is 0 Å². The van der Waals surface area contributed by atoms with E-state index in [0.29, 0.717) is 5.69 Å². The maximum Gasteiger partial charge on any atom is 0.143 e.